The minimum atomic E-state index is -3.03. The maximum atomic E-state index is 12.1. The molecule has 2 rings (SSSR count). The van der Waals surface area contributed by atoms with Gasteiger partial charge in [-0.2, -0.15) is 0 Å². The van der Waals surface area contributed by atoms with E-state index in [-0.39, 0.29) is 22.2 Å². The third-order valence-corrected chi connectivity index (χ3v) is 5.51. The van der Waals surface area contributed by atoms with Crippen LogP contribution >= 0.6 is 15.9 Å². The third-order valence-electron chi connectivity index (χ3n) is 3.25. The van der Waals surface area contributed by atoms with Crippen molar-refractivity contribution >= 4 is 37.4 Å². The Morgan fingerprint density at radius 2 is 2.11 bits per heavy atom. The maximum absolute atomic E-state index is 12.1. The van der Waals surface area contributed by atoms with E-state index in [2.05, 4.69) is 21.2 Å². The second-order valence-corrected chi connectivity index (χ2v) is 8.39. The average molecular weight is 346 g/mol. The van der Waals surface area contributed by atoms with Crippen molar-refractivity contribution in [1.29, 1.82) is 0 Å². The molecular formula is C13H16BrNO3S. The van der Waals surface area contributed by atoms with Gasteiger partial charge < -0.3 is 5.32 Å². The minimum Gasteiger partial charge on any atom is -0.326 e. The molecule has 1 N–H and O–H groups in total. The van der Waals surface area contributed by atoms with Crippen molar-refractivity contribution in [2.24, 2.45) is 5.92 Å². The zero-order valence-electron chi connectivity index (χ0n) is 10.6. The Morgan fingerprint density at radius 1 is 1.42 bits per heavy atom. The summed E-state index contributed by atoms with van der Waals surface area (Å²) >= 11 is 3.48. The van der Waals surface area contributed by atoms with Crippen molar-refractivity contribution in [3.8, 4) is 0 Å². The third kappa shape index (κ3) is 3.57. The molecule has 1 saturated heterocycles. The standard InChI is InChI=1S/C13H16BrNO3S/c1-9(14)11-4-2-3-5-12(11)15-13(16)10-6-7-19(17,18)8-10/h2-5,9-10H,6-8H2,1H3,(H,15,16). The summed E-state index contributed by atoms with van der Waals surface area (Å²) in [7, 11) is -3.03. The quantitative estimate of drug-likeness (QED) is 0.856. The maximum Gasteiger partial charge on any atom is 0.228 e. The van der Waals surface area contributed by atoms with Gasteiger partial charge in [0.2, 0.25) is 5.91 Å². The van der Waals surface area contributed by atoms with Gasteiger partial charge in [0.05, 0.1) is 17.4 Å². The number of amides is 1. The highest BCUT2D eigenvalue weighted by molar-refractivity contribution is 9.09. The number of alkyl halides is 1. The number of anilines is 1. The Bertz CT molecular complexity index is 583. The number of rotatable bonds is 3. The van der Waals surface area contributed by atoms with Gasteiger partial charge in [0.15, 0.2) is 9.84 Å². The molecule has 1 aliphatic rings. The number of para-hydroxylation sites is 1. The number of sulfone groups is 1. The van der Waals surface area contributed by atoms with Crippen molar-refractivity contribution in [2.45, 2.75) is 18.2 Å². The normalized spacial score (nSPS) is 22.9. The lowest BCUT2D eigenvalue weighted by atomic mass is 10.1. The number of nitrogens with one attached hydrogen (secondary N) is 1. The van der Waals surface area contributed by atoms with Crippen LogP contribution in [0.5, 0.6) is 0 Å². The Kier molecular flexibility index (Phi) is 4.30. The molecule has 1 amide bonds. The first-order valence-corrected chi connectivity index (χ1v) is 8.87. The number of benzene rings is 1. The highest BCUT2D eigenvalue weighted by atomic mass is 79.9. The van der Waals surface area contributed by atoms with Crippen molar-refractivity contribution in [2.75, 3.05) is 16.8 Å². The molecule has 6 heteroatoms. The Hall–Kier alpha value is -0.880. The predicted molar refractivity (Wildman–Crippen MR) is 79.2 cm³/mol. The van der Waals surface area contributed by atoms with Gasteiger partial charge in [0, 0.05) is 10.5 Å². The average Bonchev–Trinajstić information content (AvgIpc) is 2.70. The number of halogens is 1. The molecular weight excluding hydrogens is 330 g/mol. The SMILES string of the molecule is CC(Br)c1ccccc1NC(=O)C1CCS(=O)(=O)C1. The van der Waals surface area contributed by atoms with Crippen LogP contribution in [0.2, 0.25) is 0 Å². The molecule has 0 radical (unpaired) electrons. The van der Waals surface area contributed by atoms with E-state index in [4.69, 9.17) is 0 Å². The number of carbonyl (C=O) groups excluding carboxylic acids is 1. The summed E-state index contributed by atoms with van der Waals surface area (Å²) in [6, 6.07) is 7.51. The van der Waals surface area contributed by atoms with E-state index in [0.717, 1.165) is 11.3 Å². The van der Waals surface area contributed by atoms with Gasteiger partial charge in [-0.15, -0.1) is 0 Å². The predicted octanol–water partition coefficient (Wildman–Crippen LogP) is 2.52. The van der Waals surface area contributed by atoms with Crippen molar-refractivity contribution < 1.29 is 13.2 Å². The van der Waals surface area contributed by atoms with Gasteiger partial charge in [-0.05, 0) is 25.0 Å². The van der Waals surface area contributed by atoms with E-state index in [9.17, 15) is 13.2 Å². The first-order chi connectivity index (χ1) is 8.89. The number of carbonyl (C=O) groups is 1. The molecule has 2 atom stereocenters. The van der Waals surface area contributed by atoms with Crippen molar-refractivity contribution in [3.63, 3.8) is 0 Å². The summed E-state index contributed by atoms with van der Waals surface area (Å²) < 4.78 is 22.8. The number of hydrogen-bond donors (Lipinski definition) is 1. The Labute approximate surface area is 121 Å². The van der Waals surface area contributed by atoms with Crippen molar-refractivity contribution in [1.82, 2.24) is 0 Å². The second kappa shape index (κ2) is 5.63. The first-order valence-electron chi connectivity index (χ1n) is 6.13. The van der Waals surface area contributed by atoms with Crippen LogP contribution in [-0.2, 0) is 14.6 Å². The molecule has 19 heavy (non-hydrogen) atoms. The highest BCUT2D eigenvalue weighted by Crippen LogP contribution is 2.29. The molecule has 0 bridgehead atoms. The van der Waals surface area contributed by atoms with Gasteiger partial charge in [-0.3, -0.25) is 4.79 Å². The monoisotopic (exact) mass is 345 g/mol. The van der Waals surface area contributed by atoms with Crippen LogP contribution in [0.3, 0.4) is 0 Å². The van der Waals surface area contributed by atoms with Crippen LogP contribution < -0.4 is 5.32 Å². The van der Waals surface area contributed by atoms with E-state index in [1.165, 1.54) is 0 Å². The van der Waals surface area contributed by atoms with Crippen LogP contribution in [0.15, 0.2) is 24.3 Å². The largest absolute Gasteiger partial charge is 0.326 e. The molecule has 104 valence electrons. The second-order valence-electron chi connectivity index (χ2n) is 4.79. The van der Waals surface area contributed by atoms with Crippen molar-refractivity contribution in [3.05, 3.63) is 29.8 Å². The molecule has 1 heterocycles. The van der Waals surface area contributed by atoms with Crippen LogP contribution in [0, 0.1) is 5.92 Å². The molecule has 1 aromatic carbocycles. The first kappa shape index (κ1) is 14.5. The fourth-order valence-corrected chi connectivity index (χ4v) is 4.33. The van der Waals surface area contributed by atoms with E-state index >= 15 is 0 Å². The van der Waals surface area contributed by atoms with E-state index in [0.29, 0.717) is 6.42 Å². The molecule has 1 fully saturated rings. The Morgan fingerprint density at radius 3 is 2.68 bits per heavy atom. The fraction of sp³-hybridized carbons (Fsp3) is 0.462. The van der Waals surface area contributed by atoms with Gasteiger partial charge >= 0.3 is 0 Å². The van der Waals surface area contributed by atoms with Gasteiger partial charge in [0.25, 0.3) is 0 Å². The van der Waals surface area contributed by atoms with Gasteiger partial charge in [-0.25, -0.2) is 8.42 Å². The summed E-state index contributed by atoms with van der Waals surface area (Å²) in [4.78, 5) is 12.2. The summed E-state index contributed by atoms with van der Waals surface area (Å²) in [5, 5.41) is 2.84. The van der Waals surface area contributed by atoms with Crippen LogP contribution in [-0.4, -0.2) is 25.8 Å². The molecule has 0 saturated carbocycles. The summed E-state index contributed by atoms with van der Waals surface area (Å²) in [5.74, 6) is -0.558. The lowest BCUT2D eigenvalue weighted by Gasteiger charge is -2.14. The summed E-state index contributed by atoms with van der Waals surface area (Å²) in [6.45, 7) is 1.98. The molecule has 1 aromatic rings. The molecule has 0 spiro atoms. The molecule has 2 unspecified atom stereocenters. The topological polar surface area (TPSA) is 63.2 Å². The molecule has 1 aliphatic heterocycles. The van der Waals surface area contributed by atoms with Crippen LogP contribution in [0.25, 0.3) is 0 Å². The van der Waals surface area contributed by atoms with Gasteiger partial charge in [0.1, 0.15) is 0 Å². The Balaban J connectivity index is 2.12. The van der Waals surface area contributed by atoms with E-state index < -0.39 is 15.8 Å². The highest BCUT2D eigenvalue weighted by Gasteiger charge is 2.33. The summed E-state index contributed by atoms with van der Waals surface area (Å²) in [6.07, 6.45) is 0.417. The van der Waals surface area contributed by atoms with E-state index in [1.807, 2.05) is 31.2 Å². The fourth-order valence-electron chi connectivity index (χ4n) is 2.19. The van der Waals surface area contributed by atoms with E-state index in [1.54, 1.807) is 0 Å². The molecule has 4 nitrogen and oxygen atoms in total. The molecule has 0 aromatic heterocycles. The molecule has 0 aliphatic carbocycles. The number of hydrogen-bond acceptors (Lipinski definition) is 3. The summed E-state index contributed by atoms with van der Waals surface area (Å²) in [5.41, 5.74) is 1.72. The lowest BCUT2D eigenvalue weighted by Crippen LogP contribution is -2.24. The zero-order chi connectivity index (χ0) is 14.0. The minimum absolute atomic E-state index is 0.0368. The zero-order valence-corrected chi connectivity index (χ0v) is 13.0. The van der Waals surface area contributed by atoms with Crippen LogP contribution in [0.4, 0.5) is 5.69 Å². The van der Waals surface area contributed by atoms with Gasteiger partial charge in [-0.1, -0.05) is 34.1 Å². The smallest absolute Gasteiger partial charge is 0.228 e. The van der Waals surface area contributed by atoms with Crippen LogP contribution in [0.1, 0.15) is 23.7 Å². The lowest BCUT2D eigenvalue weighted by molar-refractivity contribution is -0.119.